The van der Waals surface area contributed by atoms with E-state index in [-0.39, 0.29) is 11.3 Å². The van der Waals surface area contributed by atoms with Crippen LogP contribution in [0.25, 0.3) is 28.1 Å². The molecule has 0 saturated carbocycles. The highest BCUT2D eigenvalue weighted by atomic mass is 32.2. The third-order valence-electron chi connectivity index (χ3n) is 8.16. The van der Waals surface area contributed by atoms with Gasteiger partial charge >= 0.3 is 0 Å². The first-order valence-electron chi connectivity index (χ1n) is 15.3. The van der Waals surface area contributed by atoms with Crippen LogP contribution in [0.4, 0.5) is 0 Å². The van der Waals surface area contributed by atoms with Gasteiger partial charge in [0.25, 0.3) is 0 Å². The number of aryl methyl sites for hydroxylation is 1. The van der Waals surface area contributed by atoms with Crippen LogP contribution in [0.2, 0.25) is 0 Å². The molecule has 0 aliphatic carbocycles. The fourth-order valence-corrected chi connectivity index (χ4v) is 6.18. The summed E-state index contributed by atoms with van der Waals surface area (Å²) in [5.41, 5.74) is 11.1. The molecule has 45 heavy (non-hydrogen) atoms. The Balaban J connectivity index is 1.44. The highest BCUT2D eigenvalue weighted by molar-refractivity contribution is 7.84. The predicted octanol–water partition coefficient (Wildman–Crippen LogP) is 8.43. The molecule has 3 unspecified atom stereocenters. The summed E-state index contributed by atoms with van der Waals surface area (Å²) in [5.74, 6) is 1.37. The van der Waals surface area contributed by atoms with E-state index in [9.17, 15) is 4.21 Å². The molecule has 5 rings (SSSR count). The minimum absolute atomic E-state index is 0.0129. The maximum Gasteiger partial charge on any atom is 0.167 e. The largest absolute Gasteiger partial charge is 0.384 e. The molecule has 0 radical (unpaired) electrons. The van der Waals surface area contributed by atoms with E-state index in [0.717, 1.165) is 45.6 Å². The van der Waals surface area contributed by atoms with E-state index in [4.69, 9.17) is 4.52 Å². The van der Waals surface area contributed by atoms with Crippen molar-refractivity contribution >= 4 is 31.0 Å². The Morgan fingerprint density at radius 3 is 2.22 bits per heavy atom. The van der Waals surface area contributed by atoms with E-state index in [2.05, 4.69) is 151 Å². The van der Waals surface area contributed by atoms with Crippen LogP contribution in [-0.2, 0) is 22.6 Å². The highest BCUT2D eigenvalue weighted by Gasteiger charge is 2.22. The Labute approximate surface area is 273 Å². The van der Waals surface area contributed by atoms with Gasteiger partial charge in [-0.3, -0.25) is 4.21 Å². The summed E-state index contributed by atoms with van der Waals surface area (Å²) in [6.07, 6.45) is 2.49. The normalized spacial score (nSPS) is 12.9. The first-order valence-corrected chi connectivity index (χ1v) is 17.6. The lowest BCUT2D eigenvalue weighted by Crippen LogP contribution is -2.18. The topological polar surface area (TPSA) is 55.1 Å². The van der Waals surface area contributed by atoms with Gasteiger partial charge in [-0.25, -0.2) is 0 Å². The van der Waals surface area contributed by atoms with Gasteiger partial charge in [-0.15, -0.1) is 9.24 Å². The number of rotatable bonds is 11. The molecular formula is C39H43N2O2PS. The summed E-state index contributed by atoms with van der Waals surface area (Å²) in [5, 5.41) is 9.02. The molecule has 5 aromatic rings. The summed E-state index contributed by atoms with van der Waals surface area (Å²) < 4.78 is 17.5. The van der Waals surface area contributed by atoms with Crippen molar-refractivity contribution in [2.75, 3.05) is 18.6 Å². The van der Waals surface area contributed by atoms with E-state index < -0.39 is 10.8 Å². The Morgan fingerprint density at radius 2 is 1.58 bits per heavy atom. The smallest absolute Gasteiger partial charge is 0.167 e. The average molecular weight is 635 g/mol. The van der Waals surface area contributed by atoms with Crippen LogP contribution < -0.4 is 10.6 Å². The molecular weight excluding hydrogens is 591 g/mol. The summed E-state index contributed by atoms with van der Waals surface area (Å²) in [6.45, 7) is 13.6. The van der Waals surface area contributed by atoms with Crippen LogP contribution in [0.5, 0.6) is 0 Å². The van der Waals surface area contributed by atoms with Crippen molar-refractivity contribution in [2.45, 2.75) is 45.4 Å². The summed E-state index contributed by atoms with van der Waals surface area (Å²) >= 11 is 0. The molecule has 0 bridgehead atoms. The summed E-state index contributed by atoms with van der Waals surface area (Å²) in [7, 11) is 1.99. The van der Waals surface area contributed by atoms with Crippen molar-refractivity contribution in [3.05, 3.63) is 137 Å². The van der Waals surface area contributed by atoms with Gasteiger partial charge in [0.15, 0.2) is 5.76 Å². The van der Waals surface area contributed by atoms with Crippen molar-refractivity contribution in [3.8, 4) is 22.5 Å². The monoisotopic (exact) mass is 634 g/mol. The van der Waals surface area contributed by atoms with Gasteiger partial charge in [0.05, 0.1) is 5.69 Å². The number of hydrogen-bond donors (Lipinski definition) is 1. The van der Waals surface area contributed by atoms with Crippen LogP contribution in [0.1, 0.15) is 60.2 Å². The minimum Gasteiger partial charge on any atom is -0.384 e. The van der Waals surface area contributed by atoms with Crippen LogP contribution in [-0.4, -0.2) is 27.9 Å². The van der Waals surface area contributed by atoms with E-state index in [0.29, 0.717) is 12.3 Å². The molecule has 1 aromatic heterocycles. The van der Waals surface area contributed by atoms with Gasteiger partial charge in [0.1, 0.15) is 0 Å². The number of nitrogens with one attached hydrogen (secondary N) is 1. The van der Waals surface area contributed by atoms with Crippen LogP contribution in [0.15, 0.2) is 108 Å². The SMILES string of the molecule is C=C(NCCS(C)=O)c1ccc(CC(c2ccc(C(C)(C)C)cc2)c2cc(-c3cc(P)cc(-c4ccc(C)cc4)c3)on2)cc1. The molecule has 0 spiro atoms. The molecule has 6 heteroatoms. The van der Waals surface area contributed by atoms with E-state index in [1.165, 1.54) is 27.8 Å². The Hall–Kier alpha value is -3.79. The zero-order valence-electron chi connectivity index (χ0n) is 26.9. The number of nitrogens with zero attached hydrogens (tertiary/aromatic N) is 1. The third-order valence-corrected chi connectivity index (χ3v) is 9.27. The van der Waals surface area contributed by atoms with Crippen LogP contribution in [0, 0.1) is 6.92 Å². The fourth-order valence-electron chi connectivity index (χ4n) is 5.43. The molecule has 0 amide bonds. The molecule has 1 heterocycles. The molecule has 0 fully saturated rings. The second-order valence-electron chi connectivity index (χ2n) is 12.8. The van der Waals surface area contributed by atoms with Gasteiger partial charge in [-0.2, -0.15) is 0 Å². The van der Waals surface area contributed by atoms with E-state index in [1.807, 2.05) is 0 Å². The van der Waals surface area contributed by atoms with Gasteiger partial charge in [0.2, 0.25) is 0 Å². The summed E-state index contributed by atoms with van der Waals surface area (Å²) in [4.78, 5) is 0. The Morgan fingerprint density at radius 1 is 0.911 bits per heavy atom. The first-order chi connectivity index (χ1) is 21.5. The number of hydrogen-bond acceptors (Lipinski definition) is 4. The Kier molecular flexibility index (Phi) is 10.2. The standard InChI is InChI=1S/C39H43N2O2PS/c1-26-7-11-30(12-8-26)32-22-33(24-35(44)23-32)38-25-37(41-43-38)36(31-15-17-34(18-16-31)39(3,4)5)21-28-9-13-29(14-10-28)27(2)40-19-20-45(6)42/h7-18,22-25,36,40H,2,19-21,44H2,1,3-6H3. The van der Waals surface area contributed by atoms with Gasteiger partial charge < -0.3 is 9.84 Å². The second kappa shape index (κ2) is 14.1. The first kappa shape index (κ1) is 32.6. The molecule has 1 N–H and O–H groups in total. The summed E-state index contributed by atoms with van der Waals surface area (Å²) in [6, 6.07) is 34.6. The average Bonchev–Trinajstić information content (AvgIpc) is 3.50. The molecule has 4 aromatic carbocycles. The molecule has 232 valence electrons. The molecule has 4 nitrogen and oxygen atoms in total. The van der Waals surface area contributed by atoms with E-state index in [1.54, 1.807) is 6.26 Å². The second-order valence-corrected chi connectivity index (χ2v) is 15.1. The van der Waals surface area contributed by atoms with Crippen LogP contribution in [0.3, 0.4) is 0 Å². The number of benzene rings is 4. The zero-order valence-corrected chi connectivity index (χ0v) is 28.9. The van der Waals surface area contributed by atoms with Crippen molar-refractivity contribution in [1.29, 1.82) is 0 Å². The van der Waals surface area contributed by atoms with Gasteiger partial charge in [-0.1, -0.05) is 111 Å². The van der Waals surface area contributed by atoms with Crippen LogP contribution >= 0.6 is 9.24 Å². The van der Waals surface area contributed by atoms with Gasteiger partial charge in [0, 0.05) is 52.6 Å². The molecule has 0 aliphatic heterocycles. The zero-order chi connectivity index (χ0) is 32.1. The maximum atomic E-state index is 11.4. The lowest BCUT2D eigenvalue weighted by atomic mass is 9.83. The number of aromatic nitrogens is 1. The van der Waals surface area contributed by atoms with E-state index >= 15 is 0 Å². The maximum absolute atomic E-state index is 11.4. The third kappa shape index (κ3) is 8.48. The lowest BCUT2D eigenvalue weighted by Gasteiger charge is -2.21. The quantitative estimate of drug-likeness (QED) is 0.148. The van der Waals surface area contributed by atoms with Crippen molar-refractivity contribution in [1.82, 2.24) is 10.5 Å². The van der Waals surface area contributed by atoms with Crippen molar-refractivity contribution < 1.29 is 8.73 Å². The van der Waals surface area contributed by atoms with Gasteiger partial charge in [-0.05, 0) is 75.6 Å². The van der Waals surface area contributed by atoms with Crippen molar-refractivity contribution in [3.63, 3.8) is 0 Å². The van der Waals surface area contributed by atoms with Crippen molar-refractivity contribution in [2.24, 2.45) is 0 Å². The highest BCUT2D eigenvalue weighted by Crippen LogP contribution is 2.34. The Bertz CT molecular complexity index is 1780. The molecule has 3 atom stereocenters. The predicted molar refractivity (Wildman–Crippen MR) is 195 cm³/mol. The molecule has 0 aliphatic rings. The minimum atomic E-state index is -0.833. The fraction of sp³-hybridized carbons (Fsp3) is 0.256. The molecule has 0 saturated heterocycles. The lowest BCUT2D eigenvalue weighted by molar-refractivity contribution is 0.419.